The van der Waals surface area contributed by atoms with E-state index in [0.717, 1.165) is 22.5 Å². The van der Waals surface area contributed by atoms with Gasteiger partial charge in [0.2, 0.25) is 0 Å². The van der Waals surface area contributed by atoms with Crippen LogP contribution in [0.25, 0.3) is 6.08 Å². The summed E-state index contributed by atoms with van der Waals surface area (Å²) in [4.78, 5) is 0. The summed E-state index contributed by atoms with van der Waals surface area (Å²) in [7, 11) is 0. The first kappa shape index (κ1) is 11.1. The molecule has 3 heteroatoms. The smallest absolute Gasteiger partial charge is 0.109 e. The minimum atomic E-state index is 0.638. The van der Waals surface area contributed by atoms with E-state index in [1.807, 2.05) is 60.7 Å². The predicted molar refractivity (Wildman–Crippen MR) is 76.9 cm³/mol. The van der Waals surface area contributed by atoms with Gasteiger partial charge in [0.15, 0.2) is 0 Å². The Kier molecular flexibility index (Phi) is 2.87. The average Bonchev–Trinajstić information content (AvgIpc) is 2.58. The third-order valence-electron chi connectivity index (χ3n) is 2.80. The molecule has 0 fully saturated rings. The summed E-state index contributed by atoms with van der Waals surface area (Å²) in [6.07, 6.45) is 1.93. The molecule has 2 aromatic rings. The van der Waals surface area contributed by atoms with Crippen molar-refractivity contribution in [2.75, 3.05) is 5.43 Å². The van der Waals surface area contributed by atoms with Crippen LogP contribution in [0.5, 0.6) is 0 Å². The Morgan fingerprint density at radius 3 is 2.44 bits per heavy atom. The van der Waals surface area contributed by atoms with Crippen molar-refractivity contribution >= 4 is 29.1 Å². The van der Waals surface area contributed by atoms with Crippen LogP contribution in [0, 0.1) is 0 Å². The molecule has 0 amide bonds. The number of hydrogen-bond acceptors (Lipinski definition) is 2. The van der Waals surface area contributed by atoms with Crippen LogP contribution in [0.1, 0.15) is 11.1 Å². The molecule has 0 saturated heterocycles. The molecular weight excluding hydrogens is 244 g/mol. The van der Waals surface area contributed by atoms with Gasteiger partial charge in [0, 0.05) is 11.1 Å². The van der Waals surface area contributed by atoms with E-state index in [-0.39, 0.29) is 0 Å². The van der Waals surface area contributed by atoms with Crippen molar-refractivity contribution < 1.29 is 0 Å². The summed E-state index contributed by atoms with van der Waals surface area (Å²) in [5, 5.41) is 5.02. The van der Waals surface area contributed by atoms with Crippen LogP contribution in [-0.4, -0.2) is 5.71 Å². The minimum Gasteiger partial charge on any atom is -0.277 e. The highest BCUT2D eigenvalue weighted by Gasteiger charge is 2.12. The summed E-state index contributed by atoms with van der Waals surface area (Å²) in [5.41, 5.74) is 6.81. The van der Waals surface area contributed by atoms with Crippen molar-refractivity contribution in [1.82, 2.24) is 0 Å². The second-order valence-corrected chi connectivity index (χ2v) is 4.42. The van der Waals surface area contributed by atoms with Gasteiger partial charge in [-0.2, -0.15) is 5.10 Å². The van der Waals surface area contributed by atoms with Gasteiger partial charge < -0.3 is 0 Å². The highest BCUT2D eigenvalue weighted by Crippen LogP contribution is 2.25. The van der Waals surface area contributed by atoms with Crippen molar-refractivity contribution in [1.29, 1.82) is 0 Å². The van der Waals surface area contributed by atoms with Gasteiger partial charge in [0.25, 0.3) is 0 Å². The van der Waals surface area contributed by atoms with Crippen molar-refractivity contribution in [2.45, 2.75) is 0 Å². The second kappa shape index (κ2) is 4.67. The molecular formula is C15H11ClN2. The highest BCUT2D eigenvalue weighted by molar-refractivity contribution is 6.48. The van der Waals surface area contributed by atoms with E-state index in [4.69, 9.17) is 11.6 Å². The molecule has 0 saturated carbocycles. The Morgan fingerprint density at radius 1 is 0.889 bits per heavy atom. The molecule has 88 valence electrons. The van der Waals surface area contributed by atoms with Crippen LogP contribution in [0.3, 0.4) is 0 Å². The molecule has 1 heterocycles. The van der Waals surface area contributed by atoms with Crippen molar-refractivity contribution in [3.05, 3.63) is 70.8 Å². The number of benzene rings is 2. The summed E-state index contributed by atoms with van der Waals surface area (Å²) >= 11 is 6.34. The van der Waals surface area contributed by atoms with Gasteiger partial charge in [-0.25, -0.2) is 0 Å². The number of nitrogens with zero attached hydrogens (tertiary/aromatic N) is 1. The third kappa shape index (κ3) is 2.03. The fraction of sp³-hybridized carbons (Fsp3) is 0. The van der Waals surface area contributed by atoms with Crippen LogP contribution in [0.4, 0.5) is 5.69 Å². The Hall–Kier alpha value is -2.06. The van der Waals surface area contributed by atoms with Gasteiger partial charge in [-0.15, -0.1) is 0 Å². The molecule has 2 nitrogen and oxygen atoms in total. The fourth-order valence-electron chi connectivity index (χ4n) is 1.90. The van der Waals surface area contributed by atoms with Crippen LogP contribution in [0.2, 0.25) is 0 Å². The van der Waals surface area contributed by atoms with E-state index < -0.39 is 0 Å². The Morgan fingerprint density at radius 2 is 1.61 bits per heavy atom. The standard InChI is InChI=1S/C15H11ClN2/c16-13-10-12-8-4-5-9-14(12)17-18-15(13)11-6-2-1-3-7-11/h1-10,17H. The summed E-state index contributed by atoms with van der Waals surface area (Å²) in [6.45, 7) is 0. The van der Waals surface area contributed by atoms with Crippen LogP contribution >= 0.6 is 11.6 Å². The van der Waals surface area contributed by atoms with Crippen LogP contribution in [-0.2, 0) is 0 Å². The molecule has 2 aromatic carbocycles. The van der Waals surface area contributed by atoms with Gasteiger partial charge in [-0.05, 0) is 12.1 Å². The number of hydrogen-bond donors (Lipinski definition) is 1. The topological polar surface area (TPSA) is 24.4 Å². The molecule has 18 heavy (non-hydrogen) atoms. The SMILES string of the molecule is ClC1=Cc2ccccc2NN=C1c1ccccc1. The van der Waals surface area contributed by atoms with E-state index >= 15 is 0 Å². The first-order valence-corrected chi connectivity index (χ1v) is 6.08. The number of anilines is 1. The zero-order valence-corrected chi connectivity index (χ0v) is 10.4. The molecule has 0 atom stereocenters. The van der Waals surface area contributed by atoms with Crippen LogP contribution < -0.4 is 5.43 Å². The predicted octanol–water partition coefficient (Wildman–Crippen LogP) is 4.10. The molecule has 0 aromatic heterocycles. The second-order valence-electron chi connectivity index (χ2n) is 4.02. The highest BCUT2D eigenvalue weighted by atomic mass is 35.5. The molecule has 0 radical (unpaired) electrons. The molecule has 1 aliphatic rings. The zero-order valence-electron chi connectivity index (χ0n) is 9.60. The number of hydrazone groups is 1. The maximum absolute atomic E-state index is 6.34. The number of allylic oxidation sites excluding steroid dienone is 1. The number of halogens is 1. The normalized spacial score (nSPS) is 13.8. The first-order chi connectivity index (χ1) is 8.84. The minimum absolute atomic E-state index is 0.638. The number of nitrogens with one attached hydrogen (secondary N) is 1. The maximum atomic E-state index is 6.34. The number of rotatable bonds is 1. The summed E-state index contributed by atoms with van der Waals surface area (Å²) < 4.78 is 0. The summed E-state index contributed by atoms with van der Waals surface area (Å²) in [5.74, 6) is 0. The lowest BCUT2D eigenvalue weighted by atomic mass is 10.1. The first-order valence-electron chi connectivity index (χ1n) is 5.70. The Bertz CT molecular complexity index is 630. The van der Waals surface area contributed by atoms with E-state index in [0.29, 0.717) is 5.03 Å². The van der Waals surface area contributed by atoms with E-state index in [2.05, 4.69) is 10.5 Å². The Balaban J connectivity index is 2.08. The molecule has 0 bridgehead atoms. The summed E-state index contributed by atoms with van der Waals surface area (Å²) in [6, 6.07) is 17.8. The van der Waals surface area contributed by atoms with Gasteiger partial charge >= 0.3 is 0 Å². The van der Waals surface area contributed by atoms with E-state index in [1.165, 1.54) is 0 Å². The molecule has 3 rings (SSSR count). The van der Waals surface area contributed by atoms with Crippen molar-refractivity contribution in [3.63, 3.8) is 0 Å². The molecule has 0 spiro atoms. The van der Waals surface area contributed by atoms with Gasteiger partial charge in [-0.1, -0.05) is 60.1 Å². The zero-order chi connectivity index (χ0) is 12.4. The number of para-hydroxylation sites is 1. The molecule has 0 aliphatic carbocycles. The van der Waals surface area contributed by atoms with Crippen molar-refractivity contribution in [3.8, 4) is 0 Å². The third-order valence-corrected chi connectivity index (χ3v) is 3.09. The fourth-order valence-corrected chi connectivity index (χ4v) is 2.17. The quantitative estimate of drug-likeness (QED) is 0.814. The van der Waals surface area contributed by atoms with Gasteiger partial charge in [0.05, 0.1) is 10.7 Å². The lowest BCUT2D eigenvalue weighted by molar-refractivity contribution is 1.33. The molecule has 0 unspecified atom stereocenters. The molecule has 1 N–H and O–H groups in total. The number of fused-ring (bicyclic) bond motifs is 1. The Labute approximate surface area is 111 Å². The molecule has 1 aliphatic heterocycles. The maximum Gasteiger partial charge on any atom is 0.109 e. The van der Waals surface area contributed by atoms with E-state index in [9.17, 15) is 0 Å². The van der Waals surface area contributed by atoms with Crippen LogP contribution in [0.15, 0.2) is 64.7 Å². The average molecular weight is 255 g/mol. The lowest BCUT2D eigenvalue weighted by Gasteiger charge is -2.03. The van der Waals surface area contributed by atoms with Gasteiger partial charge in [-0.3, -0.25) is 5.43 Å². The van der Waals surface area contributed by atoms with E-state index in [1.54, 1.807) is 0 Å². The largest absolute Gasteiger partial charge is 0.277 e. The monoisotopic (exact) mass is 254 g/mol. The lowest BCUT2D eigenvalue weighted by Crippen LogP contribution is -2.02. The van der Waals surface area contributed by atoms with Crippen molar-refractivity contribution in [2.24, 2.45) is 5.10 Å². The van der Waals surface area contributed by atoms with Gasteiger partial charge in [0.1, 0.15) is 5.71 Å².